The first-order valence-electron chi connectivity index (χ1n) is 6.20. The molecule has 18 heavy (non-hydrogen) atoms. The molecule has 0 saturated heterocycles. The number of carbonyl (C=O) groups excluding carboxylic acids is 1. The number of rotatable bonds is 2. The van der Waals surface area contributed by atoms with Gasteiger partial charge in [-0.15, -0.1) is 0 Å². The summed E-state index contributed by atoms with van der Waals surface area (Å²) in [4.78, 5) is 12.2. The molecule has 0 aliphatic heterocycles. The van der Waals surface area contributed by atoms with Gasteiger partial charge in [0.25, 0.3) is 0 Å². The molecule has 0 bridgehead atoms. The Bertz CT molecular complexity index is 431. The molecule has 1 aromatic rings. The van der Waals surface area contributed by atoms with Gasteiger partial charge in [-0.2, -0.15) is 13.2 Å². The van der Waals surface area contributed by atoms with Gasteiger partial charge in [-0.25, -0.2) is 0 Å². The van der Waals surface area contributed by atoms with Crippen molar-refractivity contribution in [1.29, 1.82) is 0 Å². The second kappa shape index (κ2) is 5.12. The van der Waals surface area contributed by atoms with Gasteiger partial charge in [-0.1, -0.05) is 37.5 Å². The summed E-state index contributed by atoms with van der Waals surface area (Å²) < 4.78 is 38.5. The third kappa shape index (κ3) is 2.74. The Kier molecular flexibility index (Phi) is 3.73. The number of carbonyl (C=O) groups is 1. The lowest BCUT2D eigenvalue weighted by molar-refractivity contribution is -0.137. The fourth-order valence-corrected chi connectivity index (χ4v) is 2.53. The number of benzene rings is 1. The van der Waals surface area contributed by atoms with Crippen LogP contribution in [0.1, 0.15) is 48.0 Å². The number of halogens is 3. The zero-order valence-corrected chi connectivity index (χ0v) is 9.96. The molecule has 1 aliphatic carbocycles. The maximum absolute atomic E-state index is 12.8. The highest BCUT2D eigenvalue weighted by Crippen LogP contribution is 2.35. The van der Waals surface area contributed by atoms with E-state index in [9.17, 15) is 18.0 Å². The van der Waals surface area contributed by atoms with E-state index in [-0.39, 0.29) is 17.3 Å². The van der Waals surface area contributed by atoms with Gasteiger partial charge in [0.15, 0.2) is 5.78 Å². The van der Waals surface area contributed by atoms with E-state index in [0.717, 1.165) is 25.3 Å². The van der Waals surface area contributed by atoms with E-state index in [1.807, 2.05) is 0 Å². The number of alkyl halides is 3. The summed E-state index contributed by atoms with van der Waals surface area (Å²) in [7, 11) is 0. The summed E-state index contributed by atoms with van der Waals surface area (Å²) in [6.07, 6.45) is -0.0865. The third-order valence-corrected chi connectivity index (χ3v) is 3.47. The van der Waals surface area contributed by atoms with Crippen molar-refractivity contribution < 1.29 is 18.0 Å². The highest BCUT2D eigenvalue weighted by atomic mass is 19.4. The van der Waals surface area contributed by atoms with Crippen LogP contribution in [0, 0.1) is 5.92 Å². The minimum Gasteiger partial charge on any atom is -0.294 e. The number of Topliss-reactive ketones (excluding diaryl/α,β-unsaturated/α-hetero) is 1. The molecule has 0 amide bonds. The molecule has 2 rings (SSSR count). The Balaban J connectivity index is 2.30. The Morgan fingerprint density at radius 2 is 1.67 bits per heavy atom. The first-order chi connectivity index (χ1) is 8.50. The van der Waals surface area contributed by atoms with Crippen LogP contribution in [-0.2, 0) is 6.18 Å². The Labute approximate surface area is 104 Å². The Morgan fingerprint density at radius 3 is 2.28 bits per heavy atom. The average molecular weight is 256 g/mol. The number of hydrogen-bond donors (Lipinski definition) is 0. The van der Waals surface area contributed by atoms with Gasteiger partial charge in [0, 0.05) is 11.5 Å². The predicted octanol–water partition coefficient (Wildman–Crippen LogP) is 4.47. The van der Waals surface area contributed by atoms with Crippen LogP contribution in [0.5, 0.6) is 0 Å². The fourth-order valence-electron chi connectivity index (χ4n) is 2.53. The lowest BCUT2D eigenvalue weighted by Crippen LogP contribution is -2.21. The predicted molar refractivity (Wildman–Crippen MR) is 62.3 cm³/mol. The van der Waals surface area contributed by atoms with Gasteiger partial charge in [-0.3, -0.25) is 4.79 Å². The molecule has 0 spiro atoms. The van der Waals surface area contributed by atoms with Crippen LogP contribution in [0.15, 0.2) is 24.3 Å². The molecule has 1 aromatic carbocycles. The highest BCUT2D eigenvalue weighted by Gasteiger charge is 2.36. The van der Waals surface area contributed by atoms with E-state index in [1.54, 1.807) is 0 Å². The first kappa shape index (κ1) is 13.1. The van der Waals surface area contributed by atoms with E-state index in [0.29, 0.717) is 12.8 Å². The van der Waals surface area contributed by atoms with E-state index < -0.39 is 11.7 Å². The normalized spacial score (nSPS) is 17.7. The number of ketones is 1. The molecule has 0 N–H and O–H groups in total. The first-order valence-corrected chi connectivity index (χ1v) is 6.20. The summed E-state index contributed by atoms with van der Waals surface area (Å²) in [5.74, 6) is -0.579. The molecule has 0 heterocycles. The lowest BCUT2D eigenvalue weighted by atomic mass is 9.83. The van der Waals surface area contributed by atoms with Gasteiger partial charge < -0.3 is 0 Å². The van der Waals surface area contributed by atoms with Gasteiger partial charge in [-0.05, 0) is 18.9 Å². The van der Waals surface area contributed by atoms with E-state index in [2.05, 4.69) is 0 Å². The Hall–Kier alpha value is -1.32. The maximum Gasteiger partial charge on any atom is 0.417 e. The van der Waals surface area contributed by atoms with Crippen LogP contribution in [0.2, 0.25) is 0 Å². The molecule has 0 radical (unpaired) electrons. The molecule has 1 nitrogen and oxygen atoms in total. The van der Waals surface area contributed by atoms with Crippen molar-refractivity contribution in [2.24, 2.45) is 5.92 Å². The molecule has 1 aliphatic rings. The van der Waals surface area contributed by atoms with Crippen molar-refractivity contribution in [1.82, 2.24) is 0 Å². The van der Waals surface area contributed by atoms with Crippen molar-refractivity contribution in [3.8, 4) is 0 Å². The lowest BCUT2D eigenvalue weighted by Gasteiger charge is -2.22. The summed E-state index contributed by atoms with van der Waals surface area (Å²) >= 11 is 0. The molecule has 0 atom stereocenters. The van der Waals surface area contributed by atoms with Gasteiger partial charge in [0.1, 0.15) is 0 Å². The second-order valence-corrected chi connectivity index (χ2v) is 4.74. The summed E-state index contributed by atoms with van der Waals surface area (Å²) in [5, 5.41) is 0. The maximum atomic E-state index is 12.8. The second-order valence-electron chi connectivity index (χ2n) is 4.74. The molecule has 4 heteroatoms. The molecule has 1 saturated carbocycles. The van der Waals surface area contributed by atoms with Crippen LogP contribution in [0.3, 0.4) is 0 Å². The van der Waals surface area contributed by atoms with Gasteiger partial charge in [0.05, 0.1) is 5.56 Å². The van der Waals surface area contributed by atoms with E-state index in [4.69, 9.17) is 0 Å². The van der Waals surface area contributed by atoms with Crippen LogP contribution in [-0.4, -0.2) is 5.78 Å². The molecular weight excluding hydrogens is 241 g/mol. The monoisotopic (exact) mass is 256 g/mol. The van der Waals surface area contributed by atoms with Crippen LogP contribution < -0.4 is 0 Å². The Morgan fingerprint density at radius 1 is 1.06 bits per heavy atom. The summed E-state index contributed by atoms with van der Waals surface area (Å²) in [6, 6.07) is 5.08. The van der Waals surface area contributed by atoms with Crippen molar-refractivity contribution in [3.05, 3.63) is 35.4 Å². The third-order valence-electron chi connectivity index (χ3n) is 3.47. The minimum atomic E-state index is -4.46. The van der Waals surface area contributed by atoms with Crippen molar-refractivity contribution in [3.63, 3.8) is 0 Å². The van der Waals surface area contributed by atoms with Crippen molar-refractivity contribution in [2.75, 3.05) is 0 Å². The molecular formula is C14H15F3O. The summed E-state index contributed by atoms with van der Waals surface area (Å²) in [5.41, 5.74) is -0.975. The van der Waals surface area contributed by atoms with Crippen molar-refractivity contribution >= 4 is 5.78 Å². The van der Waals surface area contributed by atoms with Crippen LogP contribution >= 0.6 is 0 Å². The van der Waals surface area contributed by atoms with Crippen LogP contribution in [0.4, 0.5) is 13.2 Å². The molecule has 0 aromatic heterocycles. The quantitative estimate of drug-likeness (QED) is 0.713. The average Bonchev–Trinajstić information content (AvgIpc) is 2.38. The smallest absolute Gasteiger partial charge is 0.294 e. The molecule has 98 valence electrons. The van der Waals surface area contributed by atoms with E-state index >= 15 is 0 Å². The summed E-state index contributed by atoms with van der Waals surface area (Å²) in [6.45, 7) is 0. The zero-order valence-electron chi connectivity index (χ0n) is 9.96. The topological polar surface area (TPSA) is 17.1 Å². The molecule has 0 unspecified atom stereocenters. The van der Waals surface area contributed by atoms with Gasteiger partial charge >= 0.3 is 6.18 Å². The van der Waals surface area contributed by atoms with E-state index in [1.165, 1.54) is 18.2 Å². The standard InChI is InChI=1S/C14H15F3O/c15-14(16,17)12-9-5-4-8-11(12)13(18)10-6-2-1-3-7-10/h4-5,8-10H,1-3,6-7H2. The number of hydrogen-bond acceptors (Lipinski definition) is 1. The minimum absolute atomic E-state index is 0.170. The van der Waals surface area contributed by atoms with Crippen LogP contribution in [0.25, 0.3) is 0 Å². The SMILES string of the molecule is O=C(c1ccccc1C(F)(F)F)C1CCCCC1. The largest absolute Gasteiger partial charge is 0.417 e. The fraction of sp³-hybridized carbons (Fsp3) is 0.500. The van der Waals surface area contributed by atoms with Gasteiger partial charge in [0.2, 0.25) is 0 Å². The van der Waals surface area contributed by atoms with Crippen molar-refractivity contribution in [2.45, 2.75) is 38.3 Å². The highest BCUT2D eigenvalue weighted by molar-refractivity contribution is 5.99. The zero-order chi connectivity index (χ0) is 13.2. The molecule has 1 fully saturated rings.